The Morgan fingerprint density at radius 3 is 2.55 bits per heavy atom. The zero-order valence-electron chi connectivity index (χ0n) is 11.8. The monoisotopic (exact) mass is 321 g/mol. The molecule has 0 atom stereocenters. The third kappa shape index (κ3) is 3.80. The standard InChI is InChI=1S/C16H13ClFNO3/c1-20-15-9-11(10-19)8-12(17)16(15)22-7-6-21-14-5-3-2-4-13(14)18/h2-5,8-9H,6-7H2,1H3. The third-order valence-corrected chi connectivity index (χ3v) is 3.06. The number of para-hydroxylation sites is 1. The van der Waals surface area contributed by atoms with Crippen molar-refractivity contribution < 1.29 is 18.6 Å². The Hall–Kier alpha value is -2.45. The molecule has 0 N–H and O–H groups in total. The van der Waals surface area contributed by atoms with Crippen molar-refractivity contribution in [3.8, 4) is 23.3 Å². The summed E-state index contributed by atoms with van der Waals surface area (Å²) in [6.45, 7) is 0.288. The van der Waals surface area contributed by atoms with Crippen LogP contribution in [-0.4, -0.2) is 20.3 Å². The summed E-state index contributed by atoms with van der Waals surface area (Å²) in [4.78, 5) is 0. The van der Waals surface area contributed by atoms with Gasteiger partial charge >= 0.3 is 0 Å². The van der Waals surface area contributed by atoms with Gasteiger partial charge in [-0.3, -0.25) is 0 Å². The molecule has 6 heteroatoms. The van der Waals surface area contributed by atoms with Gasteiger partial charge in [0.15, 0.2) is 23.1 Å². The number of nitriles is 1. The van der Waals surface area contributed by atoms with Crippen LogP contribution >= 0.6 is 11.6 Å². The molecule has 22 heavy (non-hydrogen) atoms. The second kappa shape index (κ2) is 7.53. The molecule has 0 aliphatic carbocycles. The number of hydrogen-bond donors (Lipinski definition) is 0. The van der Waals surface area contributed by atoms with Crippen LogP contribution in [0.3, 0.4) is 0 Å². The van der Waals surface area contributed by atoms with Crippen molar-refractivity contribution in [3.63, 3.8) is 0 Å². The van der Waals surface area contributed by atoms with E-state index in [4.69, 9.17) is 31.1 Å². The molecule has 2 aromatic rings. The van der Waals surface area contributed by atoms with Gasteiger partial charge in [-0.05, 0) is 18.2 Å². The molecule has 0 spiro atoms. The van der Waals surface area contributed by atoms with E-state index < -0.39 is 5.82 Å². The molecular weight excluding hydrogens is 309 g/mol. The summed E-state index contributed by atoms with van der Waals surface area (Å²) >= 11 is 6.06. The van der Waals surface area contributed by atoms with Gasteiger partial charge in [0.2, 0.25) is 0 Å². The highest BCUT2D eigenvalue weighted by Crippen LogP contribution is 2.36. The minimum Gasteiger partial charge on any atom is -0.493 e. The minimum absolute atomic E-state index is 0.139. The maximum Gasteiger partial charge on any atom is 0.179 e. The quantitative estimate of drug-likeness (QED) is 0.759. The van der Waals surface area contributed by atoms with Crippen LogP contribution in [0.5, 0.6) is 17.2 Å². The molecule has 114 valence electrons. The van der Waals surface area contributed by atoms with E-state index in [-0.39, 0.29) is 24.0 Å². The normalized spacial score (nSPS) is 9.91. The zero-order chi connectivity index (χ0) is 15.9. The first-order chi connectivity index (χ1) is 10.7. The molecule has 0 saturated heterocycles. The van der Waals surface area contributed by atoms with Crippen molar-refractivity contribution >= 4 is 11.6 Å². The van der Waals surface area contributed by atoms with E-state index >= 15 is 0 Å². The molecule has 0 unspecified atom stereocenters. The van der Waals surface area contributed by atoms with Gasteiger partial charge in [-0.1, -0.05) is 23.7 Å². The van der Waals surface area contributed by atoms with E-state index in [1.165, 1.54) is 31.4 Å². The average molecular weight is 322 g/mol. The lowest BCUT2D eigenvalue weighted by Crippen LogP contribution is -2.10. The van der Waals surface area contributed by atoms with Gasteiger partial charge in [-0.2, -0.15) is 5.26 Å². The number of halogens is 2. The first-order valence-corrected chi connectivity index (χ1v) is 6.81. The maximum atomic E-state index is 13.4. The van der Waals surface area contributed by atoms with Crippen LogP contribution in [0, 0.1) is 17.1 Å². The molecule has 0 bridgehead atoms. The fraction of sp³-hybridized carbons (Fsp3) is 0.188. The molecule has 0 radical (unpaired) electrons. The third-order valence-electron chi connectivity index (χ3n) is 2.78. The number of ether oxygens (including phenoxy) is 3. The lowest BCUT2D eigenvalue weighted by molar-refractivity contribution is 0.206. The highest BCUT2D eigenvalue weighted by atomic mass is 35.5. The summed E-state index contributed by atoms with van der Waals surface area (Å²) < 4.78 is 29.3. The summed E-state index contributed by atoms with van der Waals surface area (Å²) in [5, 5.41) is 9.14. The Morgan fingerprint density at radius 1 is 1.14 bits per heavy atom. The first-order valence-electron chi connectivity index (χ1n) is 6.43. The zero-order valence-corrected chi connectivity index (χ0v) is 12.6. The Labute approximate surface area is 132 Å². The van der Waals surface area contributed by atoms with Gasteiger partial charge in [0.05, 0.1) is 23.8 Å². The molecule has 0 amide bonds. The second-order valence-corrected chi connectivity index (χ2v) is 4.64. The van der Waals surface area contributed by atoms with Gasteiger partial charge in [0, 0.05) is 6.07 Å². The van der Waals surface area contributed by atoms with Gasteiger partial charge in [-0.25, -0.2) is 4.39 Å². The lowest BCUT2D eigenvalue weighted by atomic mass is 10.2. The van der Waals surface area contributed by atoms with Gasteiger partial charge < -0.3 is 14.2 Å². The summed E-state index contributed by atoms with van der Waals surface area (Å²) in [5.41, 5.74) is 0.372. The number of methoxy groups -OCH3 is 1. The van der Waals surface area contributed by atoms with E-state index in [0.717, 1.165) is 0 Å². The van der Waals surface area contributed by atoms with Crippen LogP contribution in [0.25, 0.3) is 0 Å². The predicted molar refractivity (Wildman–Crippen MR) is 80.1 cm³/mol. The number of rotatable bonds is 6. The average Bonchev–Trinajstić information content (AvgIpc) is 2.53. The van der Waals surface area contributed by atoms with Crippen molar-refractivity contribution in [2.75, 3.05) is 20.3 Å². The van der Waals surface area contributed by atoms with E-state index in [1.54, 1.807) is 12.1 Å². The lowest BCUT2D eigenvalue weighted by Gasteiger charge is -2.13. The Balaban J connectivity index is 1.98. The van der Waals surface area contributed by atoms with E-state index in [9.17, 15) is 4.39 Å². The molecular formula is C16H13ClFNO3. The van der Waals surface area contributed by atoms with Crippen LogP contribution in [0.1, 0.15) is 5.56 Å². The fourth-order valence-corrected chi connectivity index (χ4v) is 2.05. The van der Waals surface area contributed by atoms with Crippen molar-refractivity contribution in [1.82, 2.24) is 0 Å². The summed E-state index contributed by atoms with van der Waals surface area (Å²) in [5.74, 6) is 0.399. The second-order valence-electron chi connectivity index (χ2n) is 4.23. The van der Waals surface area contributed by atoms with E-state index in [0.29, 0.717) is 17.1 Å². The molecule has 2 rings (SSSR count). The molecule has 0 aromatic heterocycles. The smallest absolute Gasteiger partial charge is 0.179 e. The van der Waals surface area contributed by atoms with Crippen molar-refractivity contribution in [2.45, 2.75) is 0 Å². The summed E-state index contributed by atoms with van der Waals surface area (Å²) in [7, 11) is 1.45. The van der Waals surface area contributed by atoms with Gasteiger partial charge in [0.25, 0.3) is 0 Å². The van der Waals surface area contributed by atoms with Crippen LogP contribution < -0.4 is 14.2 Å². The Kier molecular flexibility index (Phi) is 5.45. The number of benzene rings is 2. The molecule has 0 saturated carbocycles. The highest BCUT2D eigenvalue weighted by molar-refractivity contribution is 6.32. The summed E-state index contributed by atoms with van der Waals surface area (Å²) in [6, 6.07) is 11.1. The van der Waals surface area contributed by atoms with E-state index in [1.807, 2.05) is 6.07 Å². The van der Waals surface area contributed by atoms with Crippen LogP contribution in [0.15, 0.2) is 36.4 Å². The van der Waals surface area contributed by atoms with Crippen molar-refractivity contribution in [3.05, 3.63) is 52.8 Å². The highest BCUT2D eigenvalue weighted by Gasteiger charge is 2.12. The van der Waals surface area contributed by atoms with Crippen LogP contribution in [0.4, 0.5) is 4.39 Å². The van der Waals surface area contributed by atoms with Gasteiger partial charge in [0.1, 0.15) is 13.2 Å². The minimum atomic E-state index is -0.434. The first kappa shape index (κ1) is 15.9. The molecule has 0 aliphatic heterocycles. The number of nitrogens with zero attached hydrogens (tertiary/aromatic N) is 1. The number of hydrogen-bond acceptors (Lipinski definition) is 4. The Morgan fingerprint density at radius 2 is 1.86 bits per heavy atom. The largest absolute Gasteiger partial charge is 0.493 e. The molecule has 0 heterocycles. The fourth-order valence-electron chi connectivity index (χ4n) is 1.78. The maximum absolute atomic E-state index is 13.4. The Bertz CT molecular complexity index is 700. The van der Waals surface area contributed by atoms with E-state index in [2.05, 4.69) is 0 Å². The van der Waals surface area contributed by atoms with Crippen LogP contribution in [-0.2, 0) is 0 Å². The summed E-state index contributed by atoms with van der Waals surface area (Å²) in [6.07, 6.45) is 0. The van der Waals surface area contributed by atoms with Crippen molar-refractivity contribution in [1.29, 1.82) is 5.26 Å². The van der Waals surface area contributed by atoms with Crippen LogP contribution in [0.2, 0.25) is 5.02 Å². The van der Waals surface area contributed by atoms with Crippen molar-refractivity contribution in [2.24, 2.45) is 0 Å². The molecule has 4 nitrogen and oxygen atoms in total. The molecule has 0 aliphatic rings. The molecule has 0 fully saturated rings. The van der Waals surface area contributed by atoms with Gasteiger partial charge in [-0.15, -0.1) is 0 Å². The topological polar surface area (TPSA) is 51.5 Å². The molecule has 2 aromatic carbocycles. The predicted octanol–water partition coefficient (Wildman–Crippen LogP) is 3.82. The SMILES string of the molecule is COc1cc(C#N)cc(Cl)c1OCCOc1ccccc1F.